The predicted octanol–water partition coefficient (Wildman–Crippen LogP) is 3.66. The number of rotatable bonds is 5. The quantitative estimate of drug-likeness (QED) is 0.485. The van der Waals surface area contributed by atoms with E-state index in [2.05, 4.69) is 5.32 Å². The van der Waals surface area contributed by atoms with Crippen molar-refractivity contribution in [1.29, 1.82) is 0 Å². The maximum atomic E-state index is 12.4. The molecule has 1 aliphatic carbocycles. The number of carbonyl (C=O) groups is 2. The van der Waals surface area contributed by atoms with Gasteiger partial charge in [0.15, 0.2) is 0 Å². The summed E-state index contributed by atoms with van der Waals surface area (Å²) < 4.78 is 0. The number of amides is 1. The Balaban J connectivity index is 2.11. The van der Waals surface area contributed by atoms with Gasteiger partial charge >= 0.3 is 5.97 Å². The molecule has 130 valence electrons. The van der Waals surface area contributed by atoms with E-state index in [0.29, 0.717) is 24.1 Å². The highest BCUT2D eigenvalue weighted by Gasteiger charge is 2.40. The number of nitro groups is 1. The second-order valence-corrected chi connectivity index (χ2v) is 6.48. The lowest BCUT2D eigenvalue weighted by atomic mass is 9.77. The average Bonchev–Trinajstić information content (AvgIpc) is 2.75. The molecule has 1 aliphatic rings. The standard InChI is InChI=1S/C17H22N2O5/c1-12-10-13(19(23)24)6-7-14(12)18-15(20)11-17(16(21)22)8-4-2-3-5-9-17/h6-7,10H,2-5,8-9,11H2,1H3,(H,18,20)(H,21,22). The Morgan fingerprint density at radius 1 is 1.25 bits per heavy atom. The Morgan fingerprint density at radius 3 is 2.38 bits per heavy atom. The smallest absolute Gasteiger partial charge is 0.310 e. The molecule has 7 nitrogen and oxygen atoms in total. The monoisotopic (exact) mass is 334 g/mol. The summed E-state index contributed by atoms with van der Waals surface area (Å²) in [5.41, 5.74) is -0.00578. The van der Waals surface area contributed by atoms with Gasteiger partial charge in [-0.3, -0.25) is 19.7 Å². The summed E-state index contributed by atoms with van der Waals surface area (Å²) in [6, 6.07) is 4.18. The normalized spacial score (nSPS) is 16.9. The fourth-order valence-corrected chi connectivity index (χ4v) is 3.27. The number of aryl methyl sites for hydroxylation is 1. The number of carbonyl (C=O) groups excluding carboxylic acids is 1. The van der Waals surface area contributed by atoms with Crippen LogP contribution in [0.3, 0.4) is 0 Å². The Bertz CT molecular complexity index is 648. The number of hydrogen-bond donors (Lipinski definition) is 2. The Hall–Kier alpha value is -2.44. The molecule has 0 unspecified atom stereocenters. The number of hydrogen-bond acceptors (Lipinski definition) is 4. The molecule has 1 amide bonds. The topological polar surface area (TPSA) is 110 Å². The molecule has 0 aromatic heterocycles. The van der Waals surface area contributed by atoms with Crippen molar-refractivity contribution in [2.45, 2.75) is 51.9 Å². The van der Waals surface area contributed by atoms with Crippen molar-refractivity contribution in [1.82, 2.24) is 0 Å². The Labute approximate surface area is 140 Å². The number of nitrogens with zero attached hydrogens (tertiary/aromatic N) is 1. The summed E-state index contributed by atoms with van der Waals surface area (Å²) in [5.74, 6) is -1.28. The fraction of sp³-hybridized carbons (Fsp3) is 0.529. The van der Waals surface area contributed by atoms with Gasteiger partial charge in [0.1, 0.15) is 0 Å². The highest BCUT2D eigenvalue weighted by atomic mass is 16.6. The summed E-state index contributed by atoms with van der Waals surface area (Å²) in [5, 5.41) is 23.1. The molecule has 0 spiro atoms. The molecule has 7 heteroatoms. The van der Waals surface area contributed by atoms with Crippen molar-refractivity contribution in [3.63, 3.8) is 0 Å². The van der Waals surface area contributed by atoms with Gasteiger partial charge in [-0.1, -0.05) is 25.7 Å². The predicted molar refractivity (Wildman–Crippen MR) is 88.9 cm³/mol. The van der Waals surface area contributed by atoms with Crippen LogP contribution in [0, 0.1) is 22.5 Å². The van der Waals surface area contributed by atoms with E-state index in [1.807, 2.05) is 0 Å². The van der Waals surface area contributed by atoms with Crippen molar-refractivity contribution in [2.24, 2.45) is 5.41 Å². The molecule has 1 aromatic carbocycles. The summed E-state index contributed by atoms with van der Waals surface area (Å²) in [4.78, 5) is 34.4. The van der Waals surface area contributed by atoms with Crippen LogP contribution in [0.25, 0.3) is 0 Å². The van der Waals surface area contributed by atoms with Gasteiger partial charge in [0.05, 0.1) is 10.3 Å². The second kappa shape index (κ2) is 7.42. The molecule has 0 atom stereocenters. The third-order valence-corrected chi connectivity index (χ3v) is 4.71. The van der Waals surface area contributed by atoms with Gasteiger partial charge in [-0.05, 0) is 31.4 Å². The van der Waals surface area contributed by atoms with Crippen LogP contribution in [-0.2, 0) is 9.59 Å². The highest BCUT2D eigenvalue weighted by molar-refractivity contribution is 5.95. The van der Waals surface area contributed by atoms with Crippen molar-refractivity contribution in [3.8, 4) is 0 Å². The maximum Gasteiger partial charge on any atom is 0.310 e. The van der Waals surface area contributed by atoms with Crippen LogP contribution >= 0.6 is 0 Å². The minimum Gasteiger partial charge on any atom is -0.481 e. The van der Waals surface area contributed by atoms with Crippen LogP contribution in [0.4, 0.5) is 11.4 Å². The van der Waals surface area contributed by atoms with Crippen LogP contribution in [0.5, 0.6) is 0 Å². The van der Waals surface area contributed by atoms with E-state index in [0.717, 1.165) is 25.7 Å². The Kier molecular flexibility index (Phi) is 5.54. The van der Waals surface area contributed by atoms with Crippen LogP contribution < -0.4 is 5.32 Å². The lowest BCUT2D eigenvalue weighted by Crippen LogP contribution is -2.35. The summed E-state index contributed by atoms with van der Waals surface area (Å²) >= 11 is 0. The summed E-state index contributed by atoms with van der Waals surface area (Å²) in [6.07, 6.45) is 4.57. The van der Waals surface area contributed by atoms with Gasteiger partial charge < -0.3 is 10.4 Å². The molecule has 24 heavy (non-hydrogen) atoms. The van der Waals surface area contributed by atoms with Crippen molar-refractivity contribution in [2.75, 3.05) is 5.32 Å². The van der Waals surface area contributed by atoms with Gasteiger partial charge in [-0.25, -0.2) is 0 Å². The molecule has 0 bridgehead atoms. The van der Waals surface area contributed by atoms with E-state index >= 15 is 0 Å². The first kappa shape index (κ1) is 17.9. The van der Waals surface area contributed by atoms with Crippen LogP contribution in [0.15, 0.2) is 18.2 Å². The summed E-state index contributed by atoms with van der Waals surface area (Å²) in [6.45, 7) is 1.67. The lowest BCUT2D eigenvalue weighted by Gasteiger charge is -2.27. The first-order chi connectivity index (χ1) is 11.3. The molecule has 0 aliphatic heterocycles. The highest BCUT2D eigenvalue weighted by Crippen LogP contribution is 2.38. The van der Waals surface area contributed by atoms with Gasteiger partial charge in [0.2, 0.25) is 5.91 Å². The second-order valence-electron chi connectivity index (χ2n) is 6.48. The largest absolute Gasteiger partial charge is 0.481 e. The molecule has 2 rings (SSSR count). The van der Waals surface area contributed by atoms with E-state index in [-0.39, 0.29) is 18.0 Å². The minimum absolute atomic E-state index is 0.0451. The van der Waals surface area contributed by atoms with E-state index in [1.54, 1.807) is 6.92 Å². The minimum atomic E-state index is -1.00. The number of nitro benzene ring substituents is 1. The first-order valence-electron chi connectivity index (χ1n) is 8.12. The fourth-order valence-electron chi connectivity index (χ4n) is 3.27. The van der Waals surface area contributed by atoms with Crippen LogP contribution in [0.1, 0.15) is 50.5 Å². The third kappa shape index (κ3) is 4.10. The van der Waals surface area contributed by atoms with Crippen LogP contribution in [0.2, 0.25) is 0 Å². The SMILES string of the molecule is Cc1cc([N+](=O)[O-])ccc1NC(=O)CC1(C(=O)O)CCCCCC1. The molecule has 0 radical (unpaired) electrons. The van der Waals surface area contributed by atoms with E-state index in [1.165, 1.54) is 18.2 Å². The molecule has 1 aromatic rings. The average molecular weight is 334 g/mol. The number of benzene rings is 1. The maximum absolute atomic E-state index is 12.4. The molecule has 0 heterocycles. The van der Waals surface area contributed by atoms with Crippen molar-refractivity contribution in [3.05, 3.63) is 33.9 Å². The Morgan fingerprint density at radius 2 is 1.88 bits per heavy atom. The van der Waals surface area contributed by atoms with Crippen LogP contribution in [-0.4, -0.2) is 21.9 Å². The number of carboxylic acids is 1. The molecular formula is C17H22N2O5. The van der Waals surface area contributed by atoms with Gasteiger partial charge in [-0.15, -0.1) is 0 Å². The third-order valence-electron chi connectivity index (χ3n) is 4.71. The van der Waals surface area contributed by atoms with Crippen molar-refractivity contribution < 1.29 is 19.6 Å². The number of non-ortho nitro benzene ring substituents is 1. The van der Waals surface area contributed by atoms with Gasteiger partial charge in [0.25, 0.3) is 5.69 Å². The first-order valence-corrected chi connectivity index (χ1v) is 8.12. The number of aliphatic carboxylic acids is 1. The zero-order valence-electron chi connectivity index (χ0n) is 13.7. The molecule has 0 saturated heterocycles. The van der Waals surface area contributed by atoms with Gasteiger partial charge in [0, 0.05) is 24.2 Å². The molecule has 1 fully saturated rings. The molecular weight excluding hydrogens is 312 g/mol. The van der Waals surface area contributed by atoms with Crippen molar-refractivity contribution >= 4 is 23.3 Å². The van der Waals surface area contributed by atoms with E-state index in [9.17, 15) is 24.8 Å². The molecule has 2 N–H and O–H groups in total. The van der Waals surface area contributed by atoms with E-state index in [4.69, 9.17) is 0 Å². The van der Waals surface area contributed by atoms with Gasteiger partial charge in [-0.2, -0.15) is 0 Å². The molecule has 1 saturated carbocycles. The number of carboxylic acid groups (broad SMARTS) is 1. The zero-order valence-corrected chi connectivity index (χ0v) is 13.7. The number of nitrogens with one attached hydrogen (secondary N) is 1. The van der Waals surface area contributed by atoms with E-state index < -0.39 is 16.3 Å². The number of anilines is 1. The zero-order chi connectivity index (χ0) is 17.7. The lowest BCUT2D eigenvalue weighted by molar-refractivity contribution is -0.384. The summed E-state index contributed by atoms with van der Waals surface area (Å²) in [7, 11) is 0.